The molecule has 0 saturated heterocycles. The summed E-state index contributed by atoms with van der Waals surface area (Å²) in [6.45, 7) is 6.37. The number of hydrogen-bond donors (Lipinski definition) is 0. The molecule has 7 rings (SSSR count). The molecule has 0 unspecified atom stereocenters. The second kappa shape index (κ2) is 12.6. The predicted molar refractivity (Wildman–Crippen MR) is 209 cm³/mol. The molecule has 0 fully saturated rings. The Morgan fingerprint density at radius 3 is 1.79 bits per heavy atom. The molecule has 5 aromatic carbocycles. The molecule has 0 aliphatic carbocycles. The predicted octanol–water partition coefficient (Wildman–Crippen LogP) is 12.7. The van der Waals surface area contributed by atoms with Gasteiger partial charge >= 0.3 is 167 Å². The minimum Gasteiger partial charge on any atom is -0.0622 e. The molecule has 240 valence electrons. The molecule has 48 heavy (non-hydrogen) atoms. The van der Waals surface area contributed by atoms with E-state index in [-0.39, 0.29) is 17.4 Å². The van der Waals surface area contributed by atoms with E-state index in [9.17, 15) is 0 Å². The summed E-state index contributed by atoms with van der Waals surface area (Å²) in [5, 5.41) is 2.05. The summed E-state index contributed by atoms with van der Waals surface area (Å²) >= 11 is -1.96. The van der Waals surface area contributed by atoms with Gasteiger partial charge in [-0.3, -0.25) is 0 Å². The maximum atomic E-state index is 8.61. The van der Waals surface area contributed by atoms with Crippen LogP contribution in [0.25, 0.3) is 66.6 Å². The van der Waals surface area contributed by atoms with Crippen LogP contribution in [0.4, 0.5) is 0 Å². The quantitative estimate of drug-likeness (QED) is 0.156. The first-order valence-electron chi connectivity index (χ1n) is 18.5. The van der Waals surface area contributed by atoms with Crippen LogP contribution in [0.1, 0.15) is 60.3 Å². The van der Waals surface area contributed by atoms with Gasteiger partial charge in [-0.2, -0.15) is 0 Å². The van der Waals surface area contributed by atoms with Crippen molar-refractivity contribution in [2.45, 2.75) is 63.7 Å². The molecule has 0 spiro atoms. The summed E-state index contributed by atoms with van der Waals surface area (Å²) in [6.07, 6.45) is 1.56. The molecule has 2 heterocycles. The summed E-state index contributed by atoms with van der Waals surface area (Å²) < 4.78 is 34.1. The third-order valence-corrected chi connectivity index (χ3v) is 13.9. The van der Waals surface area contributed by atoms with E-state index < -0.39 is 20.1 Å². The molecule has 0 atom stereocenters. The third kappa shape index (κ3) is 5.81. The Labute approximate surface area is 292 Å². The van der Waals surface area contributed by atoms with E-state index in [1.54, 1.807) is 6.20 Å². The number of hydrogen-bond acceptors (Lipinski definition) is 2. The van der Waals surface area contributed by atoms with Gasteiger partial charge in [0.05, 0.1) is 0 Å². The summed E-state index contributed by atoms with van der Waals surface area (Å²) in [6, 6.07) is 38.4. The van der Waals surface area contributed by atoms with Crippen LogP contribution in [-0.2, 0) is 0 Å². The normalized spacial score (nSPS) is 13.3. The van der Waals surface area contributed by atoms with E-state index in [0.29, 0.717) is 11.3 Å². The number of aryl methyl sites for hydroxylation is 1. The Balaban J connectivity index is 1.45. The van der Waals surface area contributed by atoms with Crippen molar-refractivity contribution in [1.82, 2.24) is 4.98 Å². The monoisotopic (exact) mass is 692 g/mol. The van der Waals surface area contributed by atoms with Gasteiger partial charge in [-0.15, -0.1) is 0 Å². The zero-order chi connectivity index (χ0) is 36.2. The van der Waals surface area contributed by atoms with Gasteiger partial charge < -0.3 is 0 Å². The summed E-state index contributed by atoms with van der Waals surface area (Å²) in [4.78, 5) is 4.83. The molecule has 0 bridgehead atoms. The van der Waals surface area contributed by atoms with Gasteiger partial charge in [0.2, 0.25) is 0 Å². The van der Waals surface area contributed by atoms with Gasteiger partial charge in [0.15, 0.2) is 0 Å². The average Bonchev–Trinajstić information content (AvgIpc) is 3.49. The number of benzene rings is 5. The number of aromatic nitrogens is 1. The second-order valence-electron chi connectivity index (χ2n) is 14.6. The summed E-state index contributed by atoms with van der Waals surface area (Å²) in [7, 11) is 0. The van der Waals surface area contributed by atoms with Crippen LogP contribution in [-0.4, -0.2) is 18.3 Å². The van der Waals surface area contributed by atoms with Gasteiger partial charge in [-0.25, -0.2) is 0 Å². The molecule has 3 heteroatoms. The van der Waals surface area contributed by atoms with Gasteiger partial charge in [0.25, 0.3) is 0 Å². The third-order valence-electron chi connectivity index (χ3n) is 9.59. The number of fused-ring (bicyclic) bond motifs is 3. The van der Waals surface area contributed by atoms with Gasteiger partial charge in [0, 0.05) is 4.11 Å². The van der Waals surface area contributed by atoms with Crippen molar-refractivity contribution < 1.29 is 8.53 Å². The van der Waals surface area contributed by atoms with E-state index in [4.69, 9.17) is 13.5 Å². The molecule has 0 saturated carbocycles. The van der Waals surface area contributed by atoms with Crippen molar-refractivity contribution in [2.24, 2.45) is 0 Å². The standard InChI is InChI=1S/C45H45GeNO/c1-28(2)39-24-33(31-14-10-9-11-15-31)25-40(29(3)4)43(39)41-26-42(47-27-30(41)5)38-19-13-18-37-36-17-12-16-35(44(36)48-45(37)38)32-20-22-34(23-21-32)46(6,7)8/h9-29H,1-8H3/i5D3. The summed E-state index contributed by atoms with van der Waals surface area (Å²) in [5.41, 5.74) is 11.7. The van der Waals surface area contributed by atoms with Crippen molar-refractivity contribution in [3.05, 3.63) is 132 Å². The minimum atomic E-state index is -2.35. The minimum absolute atomic E-state index is 0.153. The topological polar surface area (TPSA) is 26.0 Å². The van der Waals surface area contributed by atoms with Gasteiger partial charge in [-0.05, 0) is 52.1 Å². The zero-order valence-corrected chi connectivity index (χ0v) is 31.1. The van der Waals surface area contributed by atoms with Crippen LogP contribution in [0.3, 0.4) is 0 Å². The van der Waals surface area contributed by atoms with Crippen molar-refractivity contribution in [1.29, 1.82) is 0 Å². The zero-order valence-electron chi connectivity index (χ0n) is 32.0. The number of nitrogens with zero attached hydrogens (tertiary/aromatic N) is 1. The van der Waals surface area contributed by atoms with Crippen molar-refractivity contribution in [3.8, 4) is 44.6 Å². The van der Waals surface area contributed by atoms with Gasteiger partial charge in [-0.1, -0.05) is 70.2 Å². The second-order valence-corrected chi connectivity index (χ2v) is 25.3. The molecule has 0 amide bonds. The number of para-hydroxylation sites is 2. The Kier molecular flexibility index (Phi) is 7.48. The van der Waals surface area contributed by atoms with Gasteiger partial charge in [0.1, 0.15) is 0 Å². The molecular weight excluding hydrogens is 643 g/mol. The van der Waals surface area contributed by atoms with Crippen LogP contribution >= 0.6 is 0 Å². The maximum absolute atomic E-state index is 8.61. The van der Waals surface area contributed by atoms with E-state index in [1.165, 1.54) is 4.40 Å². The van der Waals surface area contributed by atoms with Crippen molar-refractivity contribution >= 4 is 39.6 Å². The number of rotatable bonds is 7. The van der Waals surface area contributed by atoms with E-state index in [0.717, 1.165) is 66.4 Å². The fraction of sp³-hybridized carbons (Fsp3) is 0.222. The Morgan fingerprint density at radius 2 is 1.21 bits per heavy atom. The smallest absolute Gasteiger partial charge is 0.0622 e. The first-order valence-corrected chi connectivity index (χ1v) is 24.4. The molecule has 0 aliphatic rings. The molecule has 2 nitrogen and oxygen atoms in total. The average molecular weight is 691 g/mol. The van der Waals surface area contributed by atoms with Crippen LogP contribution in [0.5, 0.6) is 0 Å². The van der Waals surface area contributed by atoms with E-state index in [1.807, 2.05) is 24.3 Å². The van der Waals surface area contributed by atoms with Crippen LogP contribution in [0.2, 0.25) is 17.3 Å². The Morgan fingerprint density at radius 1 is 0.604 bits per heavy atom. The van der Waals surface area contributed by atoms with Crippen molar-refractivity contribution in [2.75, 3.05) is 0 Å². The van der Waals surface area contributed by atoms with E-state index >= 15 is 0 Å². The number of furan rings is 1. The molecular formula is C45H45GeNO. The first kappa shape index (κ1) is 28.6. The molecule has 7 aromatic rings. The SMILES string of the molecule is [2H]C([2H])([2H])c1cnc(-c2cccc3c2oc2c(-c4cc[c]([Ge]([CH3])([CH3])[CH3])cc4)cccc23)cc1-c1c(C(C)C)cc(-c2ccccc2)cc1C(C)C. The van der Waals surface area contributed by atoms with E-state index in [2.05, 4.69) is 130 Å². The fourth-order valence-corrected chi connectivity index (χ4v) is 9.36. The fourth-order valence-electron chi connectivity index (χ4n) is 6.92. The molecule has 2 aromatic heterocycles. The molecule has 0 N–H and O–H groups in total. The summed E-state index contributed by atoms with van der Waals surface area (Å²) in [5.74, 6) is 7.54. The molecule has 0 aliphatic heterocycles. The molecule has 0 radical (unpaired) electrons. The van der Waals surface area contributed by atoms with Crippen LogP contribution in [0, 0.1) is 6.85 Å². The van der Waals surface area contributed by atoms with Crippen LogP contribution < -0.4 is 4.40 Å². The number of pyridine rings is 1. The Hall–Kier alpha value is -4.41. The first-order chi connectivity index (χ1) is 24.2. The van der Waals surface area contributed by atoms with Crippen LogP contribution in [0.15, 0.2) is 120 Å². The van der Waals surface area contributed by atoms with Crippen molar-refractivity contribution in [3.63, 3.8) is 0 Å². The Bertz CT molecular complexity index is 2350.